The fourth-order valence-electron chi connectivity index (χ4n) is 4.09. The second kappa shape index (κ2) is 6.19. The van der Waals surface area contributed by atoms with Gasteiger partial charge < -0.3 is 5.11 Å². The number of phenols is 1. The third-order valence-electron chi connectivity index (χ3n) is 5.52. The molecule has 3 heterocycles. The number of hydrogen-bond donors (Lipinski definition) is 1. The third-order valence-corrected chi connectivity index (χ3v) is 5.52. The Morgan fingerprint density at radius 3 is 2.07 bits per heavy atom. The summed E-state index contributed by atoms with van der Waals surface area (Å²) >= 11 is 0. The molecule has 1 aliphatic rings. The van der Waals surface area contributed by atoms with Gasteiger partial charge in [-0.2, -0.15) is 0 Å². The van der Waals surface area contributed by atoms with E-state index in [-0.39, 0.29) is 5.75 Å². The van der Waals surface area contributed by atoms with Crippen LogP contribution in [0.1, 0.15) is 11.3 Å². The van der Waals surface area contributed by atoms with Gasteiger partial charge in [-0.15, -0.1) is 0 Å². The number of hydrogen-bond acceptors (Lipinski definition) is 5. The largest absolute Gasteiger partial charge is 0.507 e. The zero-order valence-corrected chi connectivity index (χ0v) is 15.9. The summed E-state index contributed by atoms with van der Waals surface area (Å²) in [5.74, 6) is 0.135. The summed E-state index contributed by atoms with van der Waals surface area (Å²) in [4.78, 5) is 19.5. The van der Waals surface area contributed by atoms with E-state index in [0.717, 1.165) is 32.5 Å². The molecule has 0 saturated carbocycles. The Morgan fingerprint density at radius 2 is 1.30 bits per heavy atom. The minimum Gasteiger partial charge on any atom is -0.507 e. The van der Waals surface area contributed by atoms with Crippen LogP contribution in [0.25, 0.3) is 21.8 Å². The first-order valence-electron chi connectivity index (χ1n) is 9.73. The normalized spacial score (nSPS) is 14.3. The molecule has 0 saturated heterocycles. The third kappa shape index (κ3) is 2.35. The lowest BCUT2D eigenvalue weighted by Gasteiger charge is -2.24. The van der Waals surface area contributed by atoms with Gasteiger partial charge in [-0.3, -0.25) is 4.98 Å². The van der Waals surface area contributed by atoms with Crippen molar-refractivity contribution in [2.75, 3.05) is 0 Å². The molecule has 5 nitrogen and oxygen atoms in total. The van der Waals surface area contributed by atoms with Crippen molar-refractivity contribution < 1.29 is 5.11 Å². The van der Waals surface area contributed by atoms with Gasteiger partial charge in [0.1, 0.15) is 5.75 Å². The Morgan fingerprint density at radius 1 is 0.633 bits per heavy atom. The van der Waals surface area contributed by atoms with Gasteiger partial charge in [0.2, 0.25) is 5.66 Å². The number of phenolic OH excluding ortho intramolecular Hbond substituents is 1. The van der Waals surface area contributed by atoms with Gasteiger partial charge in [-0.25, -0.2) is 15.0 Å². The fraction of sp³-hybridized carbons (Fsp3) is 0.0400. The molecule has 1 N–H and O–H groups in total. The highest BCUT2D eigenvalue weighted by molar-refractivity contribution is 6.02. The number of fused-ring (bicyclic) bond motifs is 4. The maximum Gasteiger partial charge on any atom is 0.222 e. The summed E-state index contributed by atoms with van der Waals surface area (Å²) in [6.07, 6.45) is 1.77. The molecule has 0 unspecified atom stereocenters. The number of aromatic nitrogens is 2. The van der Waals surface area contributed by atoms with Crippen molar-refractivity contribution in [2.45, 2.75) is 5.66 Å². The molecule has 1 aliphatic heterocycles. The van der Waals surface area contributed by atoms with Crippen molar-refractivity contribution in [2.24, 2.45) is 9.98 Å². The predicted molar refractivity (Wildman–Crippen MR) is 115 cm³/mol. The molecule has 0 bridgehead atoms. The molecule has 6 rings (SSSR count). The summed E-state index contributed by atoms with van der Waals surface area (Å²) < 4.78 is 0. The maximum absolute atomic E-state index is 10.7. The van der Waals surface area contributed by atoms with E-state index in [2.05, 4.69) is 4.98 Å². The molecule has 0 atom stereocenters. The lowest BCUT2D eigenvalue weighted by atomic mass is 9.94. The summed E-state index contributed by atoms with van der Waals surface area (Å²) in [7, 11) is 0. The summed E-state index contributed by atoms with van der Waals surface area (Å²) in [5, 5.41) is 14.3. The monoisotopic (exact) mass is 388 g/mol. The van der Waals surface area contributed by atoms with Crippen LogP contribution in [0.15, 0.2) is 101 Å². The summed E-state index contributed by atoms with van der Waals surface area (Å²) in [5.41, 5.74) is 1.72. The van der Waals surface area contributed by atoms with Crippen LogP contribution >= 0.6 is 0 Å². The molecular formula is C25H16N4O. The number of rotatable bonds is 2. The summed E-state index contributed by atoms with van der Waals surface area (Å²) in [6.45, 7) is 0. The van der Waals surface area contributed by atoms with Crippen molar-refractivity contribution in [1.82, 2.24) is 9.97 Å². The molecule has 30 heavy (non-hydrogen) atoms. The van der Waals surface area contributed by atoms with Gasteiger partial charge in [0.25, 0.3) is 0 Å². The maximum atomic E-state index is 10.7. The number of para-hydroxylation sites is 3. The molecule has 0 radical (unpaired) electrons. The van der Waals surface area contributed by atoms with E-state index in [1.165, 1.54) is 0 Å². The van der Waals surface area contributed by atoms with Crippen LogP contribution in [0, 0.1) is 0 Å². The molecule has 5 aromatic rings. The second-order valence-corrected chi connectivity index (χ2v) is 7.31. The number of aromatic hydroxyl groups is 1. The lowest BCUT2D eigenvalue weighted by Crippen LogP contribution is -2.24. The first kappa shape index (κ1) is 16.8. The van der Waals surface area contributed by atoms with E-state index in [1.54, 1.807) is 18.3 Å². The van der Waals surface area contributed by atoms with Gasteiger partial charge in [-0.1, -0.05) is 54.6 Å². The molecule has 2 aromatic heterocycles. The standard InChI is InChI=1S/C25H16N4O/c30-21-10-4-1-7-18(21)25(28-19-8-2-3-9-20(19)29-25)22-14-13-17-12-11-16-6-5-15-26-23(16)24(17)27-22/h1-15,30H. The Bertz CT molecular complexity index is 1540. The minimum absolute atomic E-state index is 0.135. The molecule has 0 fully saturated rings. The first-order chi connectivity index (χ1) is 14.7. The van der Waals surface area contributed by atoms with Gasteiger partial charge in [0.05, 0.1) is 27.4 Å². The van der Waals surface area contributed by atoms with E-state index < -0.39 is 5.66 Å². The van der Waals surface area contributed by atoms with E-state index >= 15 is 0 Å². The smallest absolute Gasteiger partial charge is 0.222 e. The van der Waals surface area contributed by atoms with E-state index in [4.69, 9.17) is 15.0 Å². The zero-order valence-electron chi connectivity index (χ0n) is 15.9. The highest BCUT2D eigenvalue weighted by Gasteiger charge is 2.39. The predicted octanol–water partition coefficient (Wildman–Crippen LogP) is 3.64. The molecule has 142 valence electrons. The van der Waals surface area contributed by atoms with Gasteiger partial charge in [-0.05, 0) is 30.3 Å². The average Bonchev–Trinajstić information content (AvgIpc) is 3.19. The van der Waals surface area contributed by atoms with Crippen molar-refractivity contribution in [3.63, 3.8) is 0 Å². The molecule has 5 heteroatoms. The molecular weight excluding hydrogens is 372 g/mol. The van der Waals surface area contributed by atoms with E-state index in [9.17, 15) is 5.11 Å². The van der Waals surface area contributed by atoms with E-state index in [0.29, 0.717) is 11.3 Å². The molecule has 3 aromatic carbocycles. The van der Waals surface area contributed by atoms with Crippen molar-refractivity contribution >= 4 is 21.8 Å². The zero-order chi connectivity index (χ0) is 20.1. The molecule has 0 spiro atoms. The topological polar surface area (TPSA) is 70.7 Å². The van der Waals surface area contributed by atoms with Gasteiger partial charge >= 0.3 is 0 Å². The Balaban J connectivity index is 1.72. The Kier molecular flexibility index (Phi) is 3.47. The number of benzene rings is 3. The van der Waals surface area contributed by atoms with Gasteiger partial charge in [0, 0.05) is 22.5 Å². The Hall–Kier alpha value is -4.12. The molecule has 0 aliphatic carbocycles. The minimum atomic E-state index is -1.15. The van der Waals surface area contributed by atoms with Crippen molar-refractivity contribution in [3.8, 4) is 5.75 Å². The van der Waals surface area contributed by atoms with Crippen molar-refractivity contribution in [1.29, 1.82) is 0 Å². The van der Waals surface area contributed by atoms with Crippen LogP contribution < -0.4 is 10.7 Å². The van der Waals surface area contributed by atoms with Gasteiger partial charge in [0.15, 0.2) is 0 Å². The van der Waals surface area contributed by atoms with Crippen LogP contribution in [-0.4, -0.2) is 15.1 Å². The highest BCUT2D eigenvalue weighted by atomic mass is 16.3. The van der Waals surface area contributed by atoms with Crippen LogP contribution in [0.4, 0.5) is 0 Å². The second-order valence-electron chi connectivity index (χ2n) is 7.31. The summed E-state index contributed by atoms with van der Waals surface area (Å²) in [6, 6.07) is 26.9. The van der Waals surface area contributed by atoms with Crippen LogP contribution in [0.3, 0.4) is 0 Å². The van der Waals surface area contributed by atoms with Crippen molar-refractivity contribution in [3.05, 3.63) is 113 Å². The van der Waals surface area contributed by atoms with Crippen LogP contribution in [0.2, 0.25) is 0 Å². The van der Waals surface area contributed by atoms with Crippen LogP contribution in [-0.2, 0) is 5.66 Å². The molecule has 0 amide bonds. The van der Waals surface area contributed by atoms with E-state index in [1.807, 2.05) is 72.8 Å². The average molecular weight is 388 g/mol. The number of pyridine rings is 2. The highest BCUT2D eigenvalue weighted by Crippen LogP contribution is 2.40. The van der Waals surface area contributed by atoms with Crippen LogP contribution in [0.5, 0.6) is 5.75 Å². The Labute approximate surface area is 171 Å². The lowest BCUT2D eigenvalue weighted by molar-refractivity contribution is 0.441. The fourth-order valence-corrected chi connectivity index (χ4v) is 4.09. The SMILES string of the molecule is Oc1ccccc1C1(c2ccc3ccc4cccnc4c3n2)N=c2ccccc2=N1. The number of nitrogens with zero attached hydrogens (tertiary/aromatic N) is 4. The first-order valence-corrected chi connectivity index (χ1v) is 9.73. The quantitative estimate of drug-likeness (QED) is 0.469.